The summed E-state index contributed by atoms with van der Waals surface area (Å²) in [5.41, 5.74) is 1.78. The Morgan fingerprint density at radius 2 is 2.32 bits per heavy atom. The van der Waals surface area contributed by atoms with Crippen molar-refractivity contribution in [3.05, 3.63) is 45.8 Å². The van der Waals surface area contributed by atoms with Crippen LogP contribution in [0.15, 0.2) is 29.8 Å². The largest absolute Gasteiger partial charge is 0.465 e. The summed E-state index contributed by atoms with van der Waals surface area (Å²) in [4.78, 5) is 17.1. The average Bonchev–Trinajstić information content (AvgIpc) is 2.92. The van der Waals surface area contributed by atoms with Crippen LogP contribution < -0.4 is 5.32 Å². The number of hydrogen-bond acceptors (Lipinski definition) is 5. The van der Waals surface area contributed by atoms with Gasteiger partial charge in [0.05, 0.1) is 13.7 Å². The van der Waals surface area contributed by atoms with E-state index >= 15 is 0 Å². The number of rotatable bonds is 5. The van der Waals surface area contributed by atoms with Gasteiger partial charge in [0.25, 0.3) is 0 Å². The number of ether oxygens (including phenoxy) is 1. The number of carbonyl (C=O) groups excluding carboxylic acids is 1. The number of thiophene rings is 1. The third kappa shape index (κ3) is 3.12. The Morgan fingerprint density at radius 3 is 3.05 bits per heavy atom. The number of nitrogens with zero attached hydrogens (tertiary/aromatic N) is 1. The molecular formula is C14H16N2O2S. The molecule has 0 radical (unpaired) electrons. The van der Waals surface area contributed by atoms with Crippen molar-refractivity contribution in [1.82, 2.24) is 4.98 Å². The van der Waals surface area contributed by atoms with Gasteiger partial charge in [-0.05, 0) is 35.6 Å². The number of aryl methyl sites for hydroxylation is 1. The normalized spacial score (nSPS) is 10.2. The molecule has 4 nitrogen and oxygen atoms in total. The molecule has 0 saturated carbocycles. The minimum Gasteiger partial charge on any atom is -0.465 e. The van der Waals surface area contributed by atoms with Crippen molar-refractivity contribution in [2.24, 2.45) is 0 Å². The third-order valence-corrected chi connectivity index (χ3v) is 3.81. The number of pyridine rings is 1. The Kier molecular flexibility index (Phi) is 4.52. The number of aromatic nitrogens is 1. The summed E-state index contributed by atoms with van der Waals surface area (Å²) >= 11 is 1.71. The standard InChI is InChI=1S/C14H16N2O2S/c1-3-10-6-8-19-12(10)9-16-13-11(14(17)18-2)5-4-7-15-13/h4-8H,3,9H2,1-2H3,(H,15,16). The van der Waals surface area contributed by atoms with Gasteiger partial charge < -0.3 is 10.1 Å². The topological polar surface area (TPSA) is 51.2 Å². The maximum absolute atomic E-state index is 11.6. The van der Waals surface area contributed by atoms with Gasteiger partial charge in [0.15, 0.2) is 0 Å². The lowest BCUT2D eigenvalue weighted by Gasteiger charge is -2.09. The highest BCUT2D eigenvalue weighted by molar-refractivity contribution is 7.10. The predicted octanol–water partition coefficient (Wildman–Crippen LogP) is 3.10. The van der Waals surface area contributed by atoms with E-state index in [0.29, 0.717) is 17.9 Å². The zero-order chi connectivity index (χ0) is 13.7. The van der Waals surface area contributed by atoms with Crippen molar-refractivity contribution in [3.8, 4) is 0 Å². The second kappa shape index (κ2) is 6.33. The summed E-state index contributed by atoms with van der Waals surface area (Å²) in [6.07, 6.45) is 2.66. The van der Waals surface area contributed by atoms with Gasteiger partial charge in [0.2, 0.25) is 0 Å². The molecule has 0 aliphatic rings. The molecule has 2 heterocycles. The lowest BCUT2D eigenvalue weighted by atomic mass is 10.2. The number of carbonyl (C=O) groups is 1. The number of nitrogens with one attached hydrogen (secondary N) is 1. The fourth-order valence-electron chi connectivity index (χ4n) is 1.82. The Hall–Kier alpha value is -1.88. The lowest BCUT2D eigenvalue weighted by molar-refractivity contribution is 0.0601. The number of esters is 1. The van der Waals surface area contributed by atoms with Crippen LogP contribution in [0.5, 0.6) is 0 Å². The molecule has 0 spiro atoms. The fraction of sp³-hybridized carbons (Fsp3) is 0.286. The van der Waals surface area contributed by atoms with Crippen LogP contribution in [0, 0.1) is 0 Å². The molecular weight excluding hydrogens is 260 g/mol. The molecule has 1 N–H and O–H groups in total. The first-order valence-electron chi connectivity index (χ1n) is 6.08. The highest BCUT2D eigenvalue weighted by Gasteiger charge is 2.12. The van der Waals surface area contributed by atoms with Crippen molar-refractivity contribution in [2.75, 3.05) is 12.4 Å². The molecule has 0 bridgehead atoms. The monoisotopic (exact) mass is 276 g/mol. The Morgan fingerprint density at radius 1 is 1.47 bits per heavy atom. The second-order valence-corrected chi connectivity index (χ2v) is 4.97. The van der Waals surface area contributed by atoms with E-state index in [9.17, 15) is 4.79 Å². The minimum absolute atomic E-state index is 0.377. The van der Waals surface area contributed by atoms with Gasteiger partial charge in [-0.2, -0.15) is 0 Å². The molecule has 0 aromatic carbocycles. The highest BCUT2D eigenvalue weighted by Crippen LogP contribution is 2.20. The fourth-order valence-corrected chi connectivity index (χ4v) is 2.74. The van der Waals surface area contributed by atoms with Crippen LogP contribution in [0.25, 0.3) is 0 Å². The van der Waals surface area contributed by atoms with Crippen LogP contribution in [0.1, 0.15) is 27.7 Å². The van der Waals surface area contributed by atoms with Gasteiger partial charge in [-0.25, -0.2) is 9.78 Å². The summed E-state index contributed by atoms with van der Waals surface area (Å²) < 4.78 is 4.74. The average molecular weight is 276 g/mol. The SMILES string of the molecule is CCc1ccsc1CNc1ncccc1C(=O)OC. The van der Waals surface area contributed by atoms with Crippen LogP contribution >= 0.6 is 11.3 Å². The summed E-state index contributed by atoms with van der Waals surface area (Å²) in [6.45, 7) is 2.80. The van der Waals surface area contributed by atoms with E-state index < -0.39 is 0 Å². The van der Waals surface area contributed by atoms with E-state index in [2.05, 4.69) is 28.7 Å². The Bertz CT molecular complexity index is 566. The van der Waals surface area contributed by atoms with E-state index in [4.69, 9.17) is 4.74 Å². The van der Waals surface area contributed by atoms with Gasteiger partial charge in [-0.3, -0.25) is 0 Å². The van der Waals surface area contributed by atoms with E-state index in [1.807, 2.05) is 0 Å². The van der Waals surface area contributed by atoms with Crippen molar-refractivity contribution < 1.29 is 9.53 Å². The molecule has 2 aromatic rings. The molecule has 100 valence electrons. The first kappa shape index (κ1) is 13.5. The summed E-state index contributed by atoms with van der Waals surface area (Å²) in [6, 6.07) is 5.55. The maximum Gasteiger partial charge on any atom is 0.341 e. The maximum atomic E-state index is 11.6. The molecule has 0 amide bonds. The zero-order valence-electron chi connectivity index (χ0n) is 11.0. The lowest BCUT2D eigenvalue weighted by Crippen LogP contribution is -2.09. The molecule has 0 saturated heterocycles. The van der Waals surface area contributed by atoms with E-state index in [0.717, 1.165) is 6.42 Å². The number of methoxy groups -OCH3 is 1. The molecule has 0 aliphatic heterocycles. The van der Waals surface area contributed by atoms with Crippen LogP contribution in [-0.4, -0.2) is 18.1 Å². The minimum atomic E-state index is -0.377. The molecule has 0 unspecified atom stereocenters. The number of anilines is 1. The van der Waals surface area contributed by atoms with Gasteiger partial charge >= 0.3 is 5.97 Å². The zero-order valence-corrected chi connectivity index (χ0v) is 11.8. The first-order valence-corrected chi connectivity index (χ1v) is 6.96. The molecule has 0 fully saturated rings. The highest BCUT2D eigenvalue weighted by atomic mass is 32.1. The van der Waals surface area contributed by atoms with Crippen molar-refractivity contribution in [3.63, 3.8) is 0 Å². The first-order chi connectivity index (χ1) is 9.26. The third-order valence-electron chi connectivity index (χ3n) is 2.85. The summed E-state index contributed by atoms with van der Waals surface area (Å²) in [7, 11) is 1.37. The molecule has 19 heavy (non-hydrogen) atoms. The van der Waals surface area contributed by atoms with Crippen molar-refractivity contribution in [1.29, 1.82) is 0 Å². The predicted molar refractivity (Wildman–Crippen MR) is 76.6 cm³/mol. The van der Waals surface area contributed by atoms with Gasteiger partial charge in [-0.15, -0.1) is 11.3 Å². The molecule has 0 aliphatic carbocycles. The van der Waals surface area contributed by atoms with Crippen LogP contribution in [-0.2, 0) is 17.7 Å². The quantitative estimate of drug-likeness (QED) is 0.853. The van der Waals surface area contributed by atoms with E-state index in [-0.39, 0.29) is 5.97 Å². The second-order valence-electron chi connectivity index (χ2n) is 3.97. The number of hydrogen-bond donors (Lipinski definition) is 1. The molecule has 2 rings (SSSR count). The smallest absolute Gasteiger partial charge is 0.341 e. The van der Waals surface area contributed by atoms with E-state index in [1.54, 1.807) is 29.7 Å². The van der Waals surface area contributed by atoms with Crippen LogP contribution in [0.4, 0.5) is 5.82 Å². The molecule has 2 aromatic heterocycles. The van der Waals surface area contributed by atoms with Crippen LogP contribution in [0.2, 0.25) is 0 Å². The molecule has 5 heteroatoms. The Labute approximate surface area is 116 Å². The van der Waals surface area contributed by atoms with Crippen molar-refractivity contribution >= 4 is 23.1 Å². The van der Waals surface area contributed by atoms with Gasteiger partial charge in [0, 0.05) is 11.1 Å². The van der Waals surface area contributed by atoms with E-state index in [1.165, 1.54) is 17.6 Å². The summed E-state index contributed by atoms with van der Waals surface area (Å²) in [5, 5.41) is 5.28. The van der Waals surface area contributed by atoms with Gasteiger partial charge in [0.1, 0.15) is 11.4 Å². The van der Waals surface area contributed by atoms with Gasteiger partial charge in [-0.1, -0.05) is 6.92 Å². The summed E-state index contributed by atoms with van der Waals surface area (Å²) in [5.74, 6) is 0.183. The van der Waals surface area contributed by atoms with Crippen LogP contribution in [0.3, 0.4) is 0 Å². The Balaban J connectivity index is 2.14. The van der Waals surface area contributed by atoms with Crippen molar-refractivity contribution in [2.45, 2.75) is 19.9 Å². The molecule has 0 atom stereocenters.